The number of rotatable bonds is 8. The molecule has 0 radical (unpaired) electrons. The zero-order valence-corrected chi connectivity index (χ0v) is 12.4. The second kappa shape index (κ2) is 7.85. The lowest BCUT2D eigenvalue weighted by molar-refractivity contribution is 0.212. The van der Waals surface area contributed by atoms with Crippen molar-refractivity contribution in [2.45, 2.75) is 52.7 Å². The lowest BCUT2D eigenvalue weighted by Crippen LogP contribution is -2.38. The molecule has 0 amide bonds. The van der Waals surface area contributed by atoms with Crippen LogP contribution in [-0.4, -0.2) is 30.1 Å². The summed E-state index contributed by atoms with van der Waals surface area (Å²) in [6.45, 7) is 12.3. The van der Waals surface area contributed by atoms with E-state index in [0.29, 0.717) is 12.1 Å². The normalized spacial score (nSPS) is 13.5. The summed E-state index contributed by atoms with van der Waals surface area (Å²) in [6, 6.07) is 5.60. The van der Waals surface area contributed by atoms with Gasteiger partial charge in [0.15, 0.2) is 0 Å². The van der Waals surface area contributed by atoms with Crippen LogP contribution >= 0.6 is 11.3 Å². The Morgan fingerprint density at radius 1 is 1.35 bits per heavy atom. The van der Waals surface area contributed by atoms with Crippen LogP contribution in [0, 0.1) is 0 Å². The Balaban J connectivity index is 2.33. The minimum Gasteiger partial charge on any atom is -0.313 e. The van der Waals surface area contributed by atoms with E-state index in [0.717, 1.165) is 19.6 Å². The molecule has 0 fully saturated rings. The Bertz CT molecular complexity index is 282. The molecule has 98 valence electrons. The Hall–Kier alpha value is -0.380. The molecule has 2 nitrogen and oxygen atoms in total. The summed E-state index contributed by atoms with van der Waals surface area (Å²) in [5, 5.41) is 5.72. The molecule has 1 atom stereocenters. The molecule has 0 aromatic carbocycles. The highest BCUT2D eigenvalue weighted by Gasteiger charge is 2.10. The van der Waals surface area contributed by atoms with Gasteiger partial charge in [0, 0.05) is 36.6 Å². The summed E-state index contributed by atoms with van der Waals surface area (Å²) in [5.41, 5.74) is 0. The van der Waals surface area contributed by atoms with E-state index in [2.05, 4.69) is 55.4 Å². The molecule has 0 saturated carbocycles. The maximum atomic E-state index is 3.56. The quantitative estimate of drug-likeness (QED) is 0.765. The van der Waals surface area contributed by atoms with Crippen LogP contribution in [0.25, 0.3) is 0 Å². The van der Waals surface area contributed by atoms with Gasteiger partial charge in [-0.1, -0.05) is 13.0 Å². The lowest BCUT2D eigenvalue weighted by Gasteiger charge is -2.26. The van der Waals surface area contributed by atoms with Crippen molar-refractivity contribution in [3.05, 3.63) is 22.4 Å². The number of hydrogen-bond donors (Lipinski definition) is 1. The molecule has 1 N–H and O–H groups in total. The highest BCUT2D eigenvalue weighted by molar-refractivity contribution is 7.09. The van der Waals surface area contributed by atoms with E-state index in [1.54, 1.807) is 0 Å². The van der Waals surface area contributed by atoms with Crippen LogP contribution in [0.4, 0.5) is 0 Å². The summed E-state index contributed by atoms with van der Waals surface area (Å²) in [5.74, 6) is 0. The van der Waals surface area contributed by atoms with Crippen LogP contribution in [0.5, 0.6) is 0 Å². The fraction of sp³-hybridized carbons (Fsp3) is 0.714. The number of hydrogen-bond acceptors (Lipinski definition) is 3. The van der Waals surface area contributed by atoms with Crippen molar-refractivity contribution < 1.29 is 0 Å². The maximum Gasteiger partial charge on any atom is 0.0331 e. The zero-order chi connectivity index (χ0) is 12.7. The Kier molecular flexibility index (Phi) is 6.78. The molecular weight excluding hydrogens is 228 g/mol. The van der Waals surface area contributed by atoms with Crippen LogP contribution < -0.4 is 5.32 Å². The Morgan fingerprint density at radius 3 is 2.65 bits per heavy atom. The van der Waals surface area contributed by atoms with E-state index in [-0.39, 0.29) is 0 Å². The summed E-state index contributed by atoms with van der Waals surface area (Å²) in [6.07, 6.45) is 1.20. The average Bonchev–Trinajstić information content (AvgIpc) is 2.80. The van der Waals surface area contributed by atoms with Crippen LogP contribution in [0.2, 0.25) is 0 Å². The molecule has 1 rings (SSSR count). The third kappa shape index (κ3) is 5.66. The molecule has 17 heavy (non-hydrogen) atoms. The first-order valence-corrected chi connectivity index (χ1v) is 7.51. The fourth-order valence-electron chi connectivity index (χ4n) is 1.72. The molecule has 0 aliphatic rings. The molecule has 3 heteroatoms. The second-order valence-electron chi connectivity index (χ2n) is 4.91. The van der Waals surface area contributed by atoms with Crippen molar-refractivity contribution in [2.24, 2.45) is 0 Å². The highest BCUT2D eigenvalue weighted by atomic mass is 32.1. The highest BCUT2D eigenvalue weighted by Crippen LogP contribution is 2.13. The third-order valence-electron chi connectivity index (χ3n) is 3.17. The lowest BCUT2D eigenvalue weighted by atomic mass is 10.2. The van der Waals surface area contributed by atoms with E-state index in [1.807, 2.05) is 11.3 Å². The molecule has 0 saturated heterocycles. The fourth-order valence-corrected chi connectivity index (χ4v) is 2.45. The second-order valence-corrected chi connectivity index (χ2v) is 5.94. The molecule has 0 aliphatic heterocycles. The van der Waals surface area contributed by atoms with Crippen molar-refractivity contribution in [2.75, 3.05) is 13.1 Å². The first kappa shape index (κ1) is 14.7. The molecular formula is C14H26N2S. The predicted octanol–water partition coefficient (Wildman–Crippen LogP) is 3.35. The number of nitrogens with one attached hydrogen (secondary N) is 1. The summed E-state index contributed by atoms with van der Waals surface area (Å²) < 4.78 is 0. The van der Waals surface area contributed by atoms with Gasteiger partial charge in [0.2, 0.25) is 0 Å². The number of thiophene rings is 1. The topological polar surface area (TPSA) is 15.3 Å². The Morgan fingerprint density at radius 2 is 2.12 bits per heavy atom. The van der Waals surface area contributed by atoms with E-state index in [9.17, 15) is 0 Å². The molecule has 1 heterocycles. The van der Waals surface area contributed by atoms with Gasteiger partial charge in [-0.2, -0.15) is 0 Å². The van der Waals surface area contributed by atoms with Gasteiger partial charge in [-0.3, -0.25) is 4.90 Å². The SMILES string of the molecule is CCC(C)NCCN(Cc1cccs1)C(C)C. The van der Waals surface area contributed by atoms with Gasteiger partial charge in [-0.15, -0.1) is 11.3 Å². The van der Waals surface area contributed by atoms with Crippen molar-refractivity contribution in [1.82, 2.24) is 10.2 Å². The van der Waals surface area contributed by atoms with Crippen molar-refractivity contribution in [3.8, 4) is 0 Å². The Labute approximate surface area is 110 Å². The minimum atomic E-state index is 0.607. The van der Waals surface area contributed by atoms with Gasteiger partial charge in [0.1, 0.15) is 0 Å². The van der Waals surface area contributed by atoms with Crippen LogP contribution in [0.3, 0.4) is 0 Å². The van der Waals surface area contributed by atoms with Gasteiger partial charge < -0.3 is 5.32 Å². The van der Waals surface area contributed by atoms with Crippen LogP contribution in [-0.2, 0) is 6.54 Å². The summed E-state index contributed by atoms with van der Waals surface area (Å²) >= 11 is 1.85. The monoisotopic (exact) mass is 254 g/mol. The molecule has 1 unspecified atom stereocenters. The van der Waals surface area contributed by atoms with E-state index >= 15 is 0 Å². The molecule has 0 bridgehead atoms. The number of nitrogens with zero attached hydrogens (tertiary/aromatic N) is 1. The third-order valence-corrected chi connectivity index (χ3v) is 4.03. The van der Waals surface area contributed by atoms with Crippen molar-refractivity contribution in [1.29, 1.82) is 0 Å². The molecule has 0 spiro atoms. The summed E-state index contributed by atoms with van der Waals surface area (Å²) in [7, 11) is 0. The first-order chi connectivity index (χ1) is 8.13. The van der Waals surface area contributed by atoms with Crippen molar-refractivity contribution in [3.63, 3.8) is 0 Å². The minimum absolute atomic E-state index is 0.607. The molecule has 1 aromatic rings. The van der Waals surface area contributed by atoms with Gasteiger partial charge in [0.25, 0.3) is 0 Å². The van der Waals surface area contributed by atoms with Gasteiger partial charge >= 0.3 is 0 Å². The standard InChI is InChI=1S/C14H26N2S/c1-5-13(4)15-8-9-16(12(2)3)11-14-7-6-10-17-14/h6-7,10,12-13,15H,5,8-9,11H2,1-4H3. The van der Waals surface area contributed by atoms with Gasteiger partial charge in [0.05, 0.1) is 0 Å². The first-order valence-electron chi connectivity index (χ1n) is 6.63. The van der Waals surface area contributed by atoms with E-state index < -0.39 is 0 Å². The molecule has 1 aromatic heterocycles. The maximum absolute atomic E-state index is 3.56. The molecule has 0 aliphatic carbocycles. The van der Waals surface area contributed by atoms with E-state index in [4.69, 9.17) is 0 Å². The average molecular weight is 254 g/mol. The smallest absolute Gasteiger partial charge is 0.0331 e. The van der Waals surface area contributed by atoms with Gasteiger partial charge in [-0.05, 0) is 38.6 Å². The van der Waals surface area contributed by atoms with Crippen molar-refractivity contribution >= 4 is 11.3 Å². The zero-order valence-electron chi connectivity index (χ0n) is 11.6. The van der Waals surface area contributed by atoms with E-state index in [1.165, 1.54) is 11.3 Å². The van der Waals surface area contributed by atoms with Gasteiger partial charge in [-0.25, -0.2) is 0 Å². The largest absolute Gasteiger partial charge is 0.313 e. The van der Waals surface area contributed by atoms with Crippen LogP contribution in [0.1, 0.15) is 39.0 Å². The predicted molar refractivity (Wildman–Crippen MR) is 77.6 cm³/mol. The van der Waals surface area contributed by atoms with Crippen LogP contribution in [0.15, 0.2) is 17.5 Å². The summed E-state index contributed by atoms with van der Waals surface area (Å²) in [4.78, 5) is 3.99.